The number of oxime groups is 1. The molecule has 0 aromatic heterocycles. The van der Waals surface area contributed by atoms with Crippen LogP contribution < -0.4 is 16.5 Å². The lowest BCUT2D eigenvalue weighted by atomic mass is 9.94. The standard InChI is InChI=1S/C20H24N4O4/c1-20(2,3)19(26)22-16(18(25)24-28)13-9-7-12(8-10-13)14-5-4-6-15(11-14)17(21)23-27/h4-11,16,27-28H,1-3H3,(H2,21,23)(H,22,26)(H,24,25)/t16-/m1/s1. The van der Waals surface area contributed by atoms with E-state index in [2.05, 4.69) is 10.5 Å². The summed E-state index contributed by atoms with van der Waals surface area (Å²) >= 11 is 0. The highest BCUT2D eigenvalue weighted by Crippen LogP contribution is 2.24. The first-order valence-electron chi connectivity index (χ1n) is 8.60. The van der Waals surface area contributed by atoms with E-state index in [4.69, 9.17) is 16.1 Å². The molecule has 2 aromatic rings. The van der Waals surface area contributed by atoms with E-state index < -0.39 is 17.4 Å². The first-order valence-corrected chi connectivity index (χ1v) is 8.60. The Morgan fingerprint density at radius 1 is 1.07 bits per heavy atom. The molecule has 0 spiro atoms. The predicted octanol–water partition coefficient (Wildman–Crippen LogP) is 2.16. The fraction of sp³-hybridized carbons (Fsp3) is 0.250. The summed E-state index contributed by atoms with van der Waals surface area (Å²) < 4.78 is 0. The summed E-state index contributed by atoms with van der Waals surface area (Å²) in [6.45, 7) is 5.19. The van der Waals surface area contributed by atoms with E-state index in [0.717, 1.165) is 11.1 Å². The Morgan fingerprint density at radius 3 is 2.25 bits per heavy atom. The third kappa shape index (κ3) is 4.86. The Hall–Kier alpha value is -3.39. The van der Waals surface area contributed by atoms with Crippen molar-refractivity contribution in [1.29, 1.82) is 0 Å². The van der Waals surface area contributed by atoms with Gasteiger partial charge in [0.25, 0.3) is 5.91 Å². The minimum atomic E-state index is -1.03. The zero-order chi connectivity index (χ0) is 20.9. The molecule has 2 aromatic carbocycles. The van der Waals surface area contributed by atoms with Crippen molar-refractivity contribution in [3.8, 4) is 11.1 Å². The number of hydrogen-bond acceptors (Lipinski definition) is 5. The third-order valence-corrected chi connectivity index (χ3v) is 4.17. The predicted molar refractivity (Wildman–Crippen MR) is 105 cm³/mol. The SMILES string of the molecule is CC(C)(C)C(=O)N[C@@H](C(=O)NO)c1ccc(-c2cccc(/C(N)=N/O)c2)cc1. The number of carbonyl (C=O) groups is 2. The Labute approximate surface area is 163 Å². The zero-order valence-corrected chi connectivity index (χ0v) is 15.9. The van der Waals surface area contributed by atoms with E-state index in [-0.39, 0.29) is 11.7 Å². The van der Waals surface area contributed by atoms with Gasteiger partial charge in [0.05, 0.1) is 0 Å². The van der Waals surface area contributed by atoms with Crippen LogP contribution >= 0.6 is 0 Å². The summed E-state index contributed by atoms with van der Waals surface area (Å²) in [5, 5.41) is 23.5. The first-order chi connectivity index (χ1) is 13.2. The molecule has 0 radical (unpaired) electrons. The van der Waals surface area contributed by atoms with Gasteiger partial charge in [-0.05, 0) is 22.8 Å². The number of nitrogens with two attached hydrogens (primary N) is 1. The van der Waals surface area contributed by atoms with Crippen LogP contribution in [0.25, 0.3) is 11.1 Å². The second-order valence-electron chi connectivity index (χ2n) is 7.32. The van der Waals surface area contributed by atoms with Crippen LogP contribution in [0.15, 0.2) is 53.7 Å². The molecule has 8 heteroatoms. The van der Waals surface area contributed by atoms with Crippen molar-refractivity contribution in [3.05, 3.63) is 59.7 Å². The topological polar surface area (TPSA) is 137 Å². The summed E-state index contributed by atoms with van der Waals surface area (Å²) in [7, 11) is 0. The molecule has 0 unspecified atom stereocenters. The number of carbonyl (C=O) groups excluding carboxylic acids is 2. The molecule has 0 aliphatic rings. The minimum absolute atomic E-state index is 0.00282. The largest absolute Gasteiger partial charge is 0.409 e. The highest BCUT2D eigenvalue weighted by Gasteiger charge is 2.28. The lowest BCUT2D eigenvalue weighted by Gasteiger charge is -2.23. The smallest absolute Gasteiger partial charge is 0.270 e. The highest BCUT2D eigenvalue weighted by molar-refractivity contribution is 5.98. The van der Waals surface area contributed by atoms with Crippen molar-refractivity contribution in [1.82, 2.24) is 10.8 Å². The molecule has 1 atom stereocenters. The van der Waals surface area contributed by atoms with Crippen molar-refractivity contribution < 1.29 is 20.0 Å². The van der Waals surface area contributed by atoms with Gasteiger partial charge in [-0.15, -0.1) is 0 Å². The molecule has 0 fully saturated rings. The van der Waals surface area contributed by atoms with Crippen LogP contribution in [0.3, 0.4) is 0 Å². The molecule has 2 rings (SSSR count). The van der Waals surface area contributed by atoms with Crippen LogP contribution in [0.2, 0.25) is 0 Å². The average molecular weight is 384 g/mol. The Morgan fingerprint density at radius 2 is 1.71 bits per heavy atom. The number of rotatable bonds is 5. The Balaban J connectivity index is 2.32. The van der Waals surface area contributed by atoms with Gasteiger partial charge in [0.1, 0.15) is 6.04 Å². The van der Waals surface area contributed by atoms with Gasteiger partial charge in [-0.3, -0.25) is 14.8 Å². The fourth-order valence-electron chi connectivity index (χ4n) is 2.50. The molecule has 0 bridgehead atoms. The molecular weight excluding hydrogens is 360 g/mol. The quantitative estimate of drug-likeness (QED) is 0.177. The van der Waals surface area contributed by atoms with Crippen molar-refractivity contribution in [3.63, 3.8) is 0 Å². The number of nitrogens with zero attached hydrogens (tertiary/aromatic N) is 1. The third-order valence-electron chi connectivity index (χ3n) is 4.17. The number of hydroxylamine groups is 1. The summed E-state index contributed by atoms with van der Waals surface area (Å²) in [4.78, 5) is 24.3. The van der Waals surface area contributed by atoms with Crippen molar-refractivity contribution >= 4 is 17.6 Å². The molecule has 6 N–H and O–H groups in total. The van der Waals surface area contributed by atoms with Gasteiger partial charge < -0.3 is 16.3 Å². The second kappa shape index (κ2) is 8.53. The molecule has 148 valence electrons. The molecule has 2 amide bonds. The molecule has 0 heterocycles. The van der Waals surface area contributed by atoms with Gasteiger partial charge in [-0.2, -0.15) is 0 Å². The summed E-state index contributed by atoms with van der Waals surface area (Å²) in [5.74, 6) is -1.06. The number of nitrogens with one attached hydrogen (secondary N) is 2. The maximum atomic E-state index is 12.3. The van der Waals surface area contributed by atoms with Crippen LogP contribution in [-0.4, -0.2) is 28.1 Å². The molecule has 8 nitrogen and oxygen atoms in total. The highest BCUT2D eigenvalue weighted by atomic mass is 16.5. The van der Waals surface area contributed by atoms with Crippen LogP contribution in [-0.2, 0) is 9.59 Å². The molecule has 0 saturated heterocycles. The fourth-order valence-corrected chi connectivity index (χ4v) is 2.50. The molecule has 0 saturated carbocycles. The Bertz CT molecular complexity index is 886. The maximum Gasteiger partial charge on any atom is 0.270 e. The average Bonchev–Trinajstić information content (AvgIpc) is 2.70. The molecular formula is C20H24N4O4. The summed E-state index contributed by atoms with van der Waals surface area (Å²) in [6.07, 6.45) is 0. The lowest BCUT2D eigenvalue weighted by Crippen LogP contribution is -2.43. The van der Waals surface area contributed by atoms with Gasteiger partial charge in [0.2, 0.25) is 5.91 Å². The molecule has 28 heavy (non-hydrogen) atoms. The molecule has 0 aliphatic heterocycles. The number of benzene rings is 2. The Kier molecular flexibility index (Phi) is 6.37. The monoisotopic (exact) mass is 384 g/mol. The molecule has 0 aliphatic carbocycles. The lowest BCUT2D eigenvalue weighted by molar-refractivity contribution is -0.137. The number of amides is 2. The van der Waals surface area contributed by atoms with Crippen LogP contribution in [0, 0.1) is 5.41 Å². The van der Waals surface area contributed by atoms with Crippen molar-refractivity contribution in [2.75, 3.05) is 0 Å². The van der Waals surface area contributed by atoms with Crippen LogP contribution in [0.4, 0.5) is 0 Å². The van der Waals surface area contributed by atoms with E-state index in [1.807, 2.05) is 6.07 Å². The van der Waals surface area contributed by atoms with Gasteiger partial charge in [0, 0.05) is 11.0 Å². The van der Waals surface area contributed by atoms with Crippen LogP contribution in [0.5, 0.6) is 0 Å². The van der Waals surface area contributed by atoms with E-state index in [9.17, 15) is 9.59 Å². The first kappa shape index (κ1) is 20.9. The van der Waals surface area contributed by atoms with Gasteiger partial charge >= 0.3 is 0 Å². The minimum Gasteiger partial charge on any atom is -0.409 e. The van der Waals surface area contributed by atoms with E-state index in [1.165, 1.54) is 0 Å². The van der Waals surface area contributed by atoms with E-state index >= 15 is 0 Å². The normalized spacial score (nSPS) is 12.9. The van der Waals surface area contributed by atoms with Gasteiger partial charge in [-0.1, -0.05) is 68.4 Å². The summed E-state index contributed by atoms with van der Waals surface area (Å²) in [5.41, 5.74) is 9.27. The van der Waals surface area contributed by atoms with Crippen molar-refractivity contribution in [2.45, 2.75) is 26.8 Å². The van der Waals surface area contributed by atoms with Crippen molar-refractivity contribution in [2.24, 2.45) is 16.3 Å². The zero-order valence-electron chi connectivity index (χ0n) is 15.9. The number of hydrogen-bond donors (Lipinski definition) is 5. The van der Waals surface area contributed by atoms with Gasteiger partial charge in [-0.25, -0.2) is 5.48 Å². The summed E-state index contributed by atoms with van der Waals surface area (Å²) in [6, 6.07) is 13.0. The second-order valence-corrected chi connectivity index (χ2v) is 7.32. The number of amidine groups is 1. The van der Waals surface area contributed by atoms with E-state index in [0.29, 0.717) is 11.1 Å². The van der Waals surface area contributed by atoms with Crippen LogP contribution in [0.1, 0.15) is 37.9 Å². The van der Waals surface area contributed by atoms with E-state index in [1.54, 1.807) is 68.7 Å². The van der Waals surface area contributed by atoms with Gasteiger partial charge in [0.15, 0.2) is 5.84 Å². The maximum absolute atomic E-state index is 12.3.